The second-order valence-corrected chi connectivity index (χ2v) is 10.2. The lowest BCUT2D eigenvalue weighted by Crippen LogP contribution is -2.55. The van der Waals surface area contributed by atoms with Crippen molar-refractivity contribution < 1.29 is 31.2 Å². The number of sulfonamides is 1. The maximum absolute atomic E-state index is 13.0. The molecule has 0 unspecified atom stereocenters. The summed E-state index contributed by atoms with van der Waals surface area (Å²) in [4.78, 5) is 10.0. The molecule has 0 aromatic heterocycles. The fraction of sp³-hybridized carbons (Fsp3) is 0.600. The lowest BCUT2D eigenvalue weighted by Gasteiger charge is -2.37. The molecular weight excluding hydrogens is 428 g/mol. The van der Waals surface area contributed by atoms with E-state index < -0.39 is 25.2 Å². The summed E-state index contributed by atoms with van der Waals surface area (Å²) in [5.41, 5.74) is -0.377. The Morgan fingerprint density at radius 3 is 2.07 bits per heavy atom. The van der Waals surface area contributed by atoms with Crippen molar-refractivity contribution in [3.05, 3.63) is 28.3 Å². The van der Waals surface area contributed by atoms with E-state index in [2.05, 4.69) is 0 Å². The number of hydrogen-bond donors (Lipinski definition) is 0. The van der Waals surface area contributed by atoms with Crippen LogP contribution in [0.2, 0.25) is 0 Å². The average molecular weight is 450 g/mol. The van der Waals surface area contributed by atoms with E-state index in [1.807, 2.05) is 0 Å². The van der Waals surface area contributed by atoms with Crippen LogP contribution >= 0.6 is 0 Å². The summed E-state index contributed by atoms with van der Waals surface area (Å²) < 4.78 is 65.4. The van der Waals surface area contributed by atoms with E-state index in [4.69, 9.17) is 9.47 Å². The zero-order valence-corrected chi connectivity index (χ0v) is 17.4. The summed E-state index contributed by atoms with van der Waals surface area (Å²) in [5.74, 6) is -0.0148. The minimum absolute atomic E-state index is 0.0148. The van der Waals surface area contributed by atoms with E-state index in [0.29, 0.717) is 13.2 Å². The lowest BCUT2D eigenvalue weighted by atomic mass is 10.3. The molecule has 0 radical (unpaired) electrons. The number of benzene rings is 1. The highest BCUT2D eigenvalue weighted by Gasteiger charge is 2.37. The Morgan fingerprint density at radius 1 is 0.966 bits per heavy atom. The molecule has 0 amide bonds. The first kappa shape index (κ1) is 21.9. The highest BCUT2D eigenvalue weighted by molar-refractivity contribution is 7.89. The molecule has 162 valence electrons. The van der Waals surface area contributed by atoms with Crippen molar-refractivity contribution in [1.82, 2.24) is 12.9 Å². The molecule has 3 rings (SSSR count). The minimum Gasteiger partial charge on any atom is -0.495 e. The summed E-state index contributed by atoms with van der Waals surface area (Å²) in [6.07, 6.45) is 0. The Hall–Kier alpha value is -1.84. The molecule has 1 aromatic carbocycles. The van der Waals surface area contributed by atoms with Gasteiger partial charge in [-0.05, 0) is 6.07 Å². The number of non-ortho nitro benzene ring substituents is 1. The van der Waals surface area contributed by atoms with Crippen LogP contribution < -0.4 is 4.74 Å². The van der Waals surface area contributed by atoms with E-state index in [1.54, 1.807) is 0 Å². The van der Waals surface area contributed by atoms with Crippen molar-refractivity contribution in [3.8, 4) is 5.75 Å². The van der Waals surface area contributed by atoms with Gasteiger partial charge < -0.3 is 9.47 Å². The quantitative estimate of drug-likeness (QED) is 0.417. The summed E-state index contributed by atoms with van der Waals surface area (Å²) >= 11 is 0. The highest BCUT2D eigenvalue weighted by Crippen LogP contribution is 2.31. The number of hydrogen-bond acceptors (Lipinski definition) is 8. The first-order chi connectivity index (χ1) is 13.7. The van der Waals surface area contributed by atoms with Crippen molar-refractivity contribution in [1.29, 1.82) is 0 Å². The Bertz CT molecular complexity index is 968. The van der Waals surface area contributed by atoms with Crippen LogP contribution in [0.3, 0.4) is 0 Å². The largest absolute Gasteiger partial charge is 0.495 e. The van der Waals surface area contributed by atoms with Crippen LogP contribution in [0.4, 0.5) is 5.69 Å². The van der Waals surface area contributed by atoms with Crippen LogP contribution in [0.1, 0.15) is 0 Å². The third kappa shape index (κ3) is 4.36. The standard InChI is InChI=1S/C15H22N4O8S2/c1-26-14-3-2-13(19(20)21)12-15(14)28(22,23)16-4-6-17(7-5-16)29(24,25)18-8-10-27-11-9-18/h2-3,12H,4-11H2,1H3. The van der Waals surface area contributed by atoms with Gasteiger partial charge in [0.05, 0.1) is 25.2 Å². The SMILES string of the molecule is COc1ccc([N+](=O)[O-])cc1S(=O)(=O)N1CCN(S(=O)(=O)N2CCOCC2)CC1. The number of nitro benzene ring substituents is 1. The van der Waals surface area contributed by atoms with Gasteiger partial charge in [-0.15, -0.1) is 0 Å². The molecule has 0 bridgehead atoms. The number of ether oxygens (including phenoxy) is 2. The van der Waals surface area contributed by atoms with Gasteiger partial charge in [-0.1, -0.05) is 0 Å². The minimum atomic E-state index is -4.11. The Balaban J connectivity index is 1.78. The van der Waals surface area contributed by atoms with Crippen molar-refractivity contribution in [2.45, 2.75) is 4.90 Å². The molecular formula is C15H22N4O8S2. The fourth-order valence-corrected chi connectivity index (χ4v) is 6.36. The molecule has 2 aliphatic heterocycles. The molecule has 0 saturated carbocycles. The number of morpholine rings is 1. The van der Waals surface area contributed by atoms with Crippen LogP contribution in [0.5, 0.6) is 5.75 Å². The maximum Gasteiger partial charge on any atom is 0.282 e. The van der Waals surface area contributed by atoms with E-state index in [1.165, 1.54) is 21.8 Å². The Kier molecular flexibility index (Phi) is 6.40. The van der Waals surface area contributed by atoms with Gasteiger partial charge in [-0.25, -0.2) is 8.42 Å². The van der Waals surface area contributed by atoms with E-state index >= 15 is 0 Å². The van der Waals surface area contributed by atoms with Gasteiger partial charge in [0.1, 0.15) is 10.6 Å². The van der Waals surface area contributed by atoms with Crippen molar-refractivity contribution in [3.63, 3.8) is 0 Å². The van der Waals surface area contributed by atoms with Gasteiger partial charge in [-0.3, -0.25) is 10.1 Å². The van der Waals surface area contributed by atoms with Gasteiger partial charge in [0.2, 0.25) is 10.0 Å². The number of nitro groups is 1. The molecule has 2 fully saturated rings. The molecule has 14 heteroatoms. The molecule has 0 aliphatic carbocycles. The van der Waals surface area contributed by atoms with Gasteiger partial charge >= 0.3 is 0 Å². The van der Waals surface area contributed by atoms with Crippen LogP contribution in [0.15, 0.2) is 23.1 Å². The summed E-state index contributed by atoms with van der Waals surface area (Å²) in [6, 6.07) is 3.33. The number of piperazine rings is 1. The summed E-state index contributed by atoms with van der Waals surface area (Å²) in [5, 5.41) is 11.0. The fourth-order valence-electron chi connectivity index (χ4n) is 3.20. The number of methoxy groups -OCH3 is 1. The molecule has 2 heterocycles. The first-order valence-electron chi connectivity index (χ1n) is 8.83. The zero-order chi connectivity index (χ0) is 21.2. The van der Waals surface area contributed by atoms with E-state index in [0.717, 1.165) is 16.4 Å². The Morgan fingerprint density at radius 2 is 1.52 bits per heavy atom. The smallest absolute Gasteiger partial charge is 0.282 e. The molecule has 29 heavy (non-hydrogen) atoms. The number of rotatable bonds is 6. The molecule has 0 atom stereocenters. The molecule has 0 N–H and O–H groups in total. The van der Waals surface area contributed by atoms with Crippen molar-refractivity contribution in [2.24, 2.45) is 0 Å². The molecule has 12 nitrogen and oxygen atoms in total. The molecule has 2 aliphatic rings. The van der Waals surface area contributed by atoms with Gasteiger partial charge in [0.25, 0.3) is 15.9 Å². The van der Waals surface area contributed by atoms with Gasteiger partial charge in [0, 0.05) is 51.4 Å². The summed E-state index contributed by atoms with van der Waals surface area (Å²) in [7, 11) is -6.53. The van der Waals surface area contributed by atoms with Crippen LogP contribution in [-0.4, -0.2) is 94.3 Å². The maximum atomic E-state index is 13.0. The topological polar surface area (TPSA) is 140 Å². The predicted molar refractivity (Wildman–Crippen MR) is 101 cm³/mol. The molecule has 0 spiro atoms. The second kappa shape index (κ2) is 8.49. The van der Waals surface area contributed by atoms with E-state index in [-0.39, 0.29) is 55.6 Å². The van der Waals surface area contributed by atoms with Crippen LogP contribution in [0, 0.1) is 10.1 Å². The number of nitrogens with zero attached hydrogens (tertiary/aromatic N) is 4. The normalized spacial score (nSPS) is 20.4. The van der Waals surface area contributed by atoms with Crippen LogP contribution in [0.25, 0.3) is 0 Å². The molecule has 1 aromatic rings. The first-order valence-corrected chi connectivity index (χ1v) is 11.7. The third-order valence-corrected chi connectivity index (χ3v) is 8.75. The summed E-state index contributed by atoms with van der Waals surface area (Å²) in [6.45, 7) is 0.972. The zero-order valence-electron chi connectivity index (χ0n) is 15.8. The van der Waals surface area contributed by atoms with E-state index in [9.17, 15) is 26.9 Å². The van der Waals surface area contributed by atoms with Crippen molar-refractivity contribution >= 4 is 25.9 Å². The lowest BCUT2D eigenvalue weighted by molar-refractivity contribution is -0.385. The predicted octanol–water partition coefficient (Wildman–Crippen LogP) is -0.513. The van der Waals surface area contributed by atoms with Crippen LogP contribution in [-0.2, 0) is 25.0 Å². The third-order valence-electron chi connectivity index (χ3n) is 4.80. The molecule has 2 saturated heterocycles. The highest BCUT2D eigenvalue weighted by atomic mass is 32.2. The van der Waals surface area contributed by atoms with Gasteiger partial charge in [0.15, 0.2) is 0 Å². The average Bonchev–Trinajstić information content (AvgIpc) is 2.73. The monoisotopic (exact) mass is 450 g/mol. The van der Waals surface area contributed by atoms with Gasteiger partial charge in [-0.2, -0.15) is 21.3 Å². The second-order valence-electron chi connectivity index (χ2n) is 6.41. The Labute approximate surface area is 169 Å². The van der Waals surface area contributed by atoms with Crippen molar-refractivity contribution in [2.75, 3.05) is 59.6 Å².